The molecule has 0 spiro atoms. The second-order valence-corrected chi connectivity index (χ2v) is 5.60. The van der Waals surface area contributed by atoms with Gasteiger partial charge in [-0.2, -0.15) is 0 Å². The first-order valence-electron chi connectivity index (χ1n) is 7.19. The predicted molar refractivity (Wildman–Crippen MR) is 76.2 cm³/mol. The maximum atomic E-state index is 9.75. The van der Waals surface area contributed by atoms with Crippen molar-refractivity contribution in [1.29, 1.82) is 0 Å². The second kappa shape index (κ2) is 7.18. The lowest BCUT2D eigenvalue weighted by Crippen LogP contribution is -2.49. The topological polar surface area (TPSA) is 58.9 Å². The van der Waals surface area contributed by atoms with E-state index in [1.165, 1.54) is 0 Å². The zero-order chi connectivity index (χ0) is 14.5. The van der Waals surface area contributed by atoms with E-state index in [0.29, 0.717) is 13.2 Å². The standard InChI is InChI=1S/C16H24O4/c1-11-12(2)16(14(18)8-17)20-10-15(11)19-9-13-6-4-3-5-7-13/h3-7,11-12,14-18H,8-10H2,1-2H3/t11-,12-,14+,15?,16?/m0/s1. The SMILES string of the molecule is C[C@@H]1C(OCc2ccccc2)COC([C@H](O)CO)[C@H]1C. The molecule has 2 rings (SSSR count). The summed E-state index contributed by atoms with van der Waals surface area (Å²) >= 11 is 0. The molecule has 2 unspecified atom stereocenters. The Kier molecular flexibility index (Phi) is 5.54. The van der Waals surface area contributed by atoms with Crippen molar-refractivity contribution in [2.75, 3.05) is 13.2 Å². The summed E-state index contributed by atoms with van der Waals surface area (Å²) in [5.41, 5.74) is 1.14. The van der Waals surface area contributed by atoms with Crippen LogP contribution in [-0.4, -0.2) is 41.7 Å². The highest BCUT2D eigenvalue weighted by atomic mass is 16.5. The predicted octanol–water partition coefficient (Wildman–Crippen LogP) is 1.60. The Morgan fingerprint density at radius 1 is 1.25 bits per heavy atom. The van der Waals surface area contributed by atoms with Crippen LogP contribution in [0.5, 0.6) is 0 Å². The van der Waals surface area contributed by atoms with Gasteiger partial charge in [0.25, 0.3) is 0 Å². The smallest absolute Gasteiger partial charge is 0.103 e. The zero-order valence-electron chi connectivity index (χ0n) is 12.1. The molecule has 1 aliphatic rings. The zero-order valence-corrected chi connectivity index (χ0v) is 12.1. The van der Waals surface area contributed by atoms with Crippen LogP contribution < -0.4 is 0 Å². The van der Waals surface area contributed by atoms with Gasteiger partial charge in [-0.1, -0.05) is 44.2 Å². The van der Waals surface area contributed by atoms with Crippen LogP contribution in [0.4, 0.5) is 0 Å². The third-order valence-corrected chi connectivity index (χ3v) is 4.26. The molecular formula is C16H24O4. The average Bonchev–Trinajstić information content (AvgIpc) is 2.49. The van der Waals surface area contributed by atoms with Crippen molar-refractivity contribution in [3.05, 3.63) is 35.9 Å². The first kappa shape index (κ1) is 15.4. The van der Waals surface area contributed by atoms with Gasteiger partial charge in [0.15, 0.2) is 0 Å². The molecule has 1 heterocycles. The normalized spacial score (nSPS) is 32.0. The molecule has 0 amide bonds. The van der Waals surface area contributed by atoms with E-state index in [2.05, 4.69) is 6.92 Å². The molecule has 1 fully saturated rings. The van der Waals surface area contributed by atoms with Crippen molar-refractivity contribution in [2.45, 2.75) is 38.8 Å². The second-order valence-electron chi connectivity index (χ2n) is 5.60. The Hall–Kier alpha value is -0.940. The summed E-state index contributed by atoms with van der Waals surface area (Å²) in [6, 6.07) is 10.1. The van der Waals surface area contributed by atoms with Gasteiger partial charge in [0, 0.05) is 0 Å². The molecule has 0 bridgehead atoms. The number of ether oxygens (including phenoxy) is 2. The minimum absolute atomic E-state index is 0.0207. The minimum atomic E-state index is -0.817. The average molecular weight is 280 g/mol. The number of rotatable bonds is 5. The maximum absolute atomic E-state index is 9.75. The number of aliphatic hydroxyl groups excluding tert-OH is 2. The van der Waals surface area contributed by atoms with Crippen LogP contribution in [0.2, 0.25) is 0 Å². The van der Waals surface area contributed by atoms with Crippen molar-refractivity contribution in [2.24, 2.45) is 11.8 Å². The van der Waals surface area contributed by atoms with Gasteiger partial charge in [-0.05, 0) is 17.4 Å². The highest BCUT2D eigenvalue weighted by Crippen LogP contribution is 2.30. The Morgan fingerprint density at radius 2 is 1.95 bits per heavy atom. The monoisotopic (exact) mass is 280 g/mol. The minimum Gasteiger partial charge on any atom is -0.394 e. The maximum Gasteiger partial charge on any atom is 0.103 e. The third-order valence-electron chi connectivity index (χ3n) is 4.26. The molecule has 0 radical (unpaired) electrons. The number of hydrogen-bond acceptors (Lipinski definition) is 4. The van der Waals surface area contributed by atoms with Crippen LogP contribution in [-0.2, 0) is 16.1 Å². The summed E-state index contributed by atoms with van der Waals surface area (Å²) < 4.78 is 11.6. The molecule has 5 atom stereocenters. The van der Waals surface area contributed by atoms with Gasteiger partial charge in [0.05, 0.1) is 32.0 Å². The van der Waals surface area contributed by atoms with Crippen LogP contribution >= 0.6 is 0 Å². The van der Waals surface area contributed by atoms with Crippen LogP contribution in [0.25, 0.3) is 0 Å². The van der Waals surface area contributed by atoms with Crippen molar-refractivity contribution >= 4 is 0 Å². The quantitative estimate of drug-likeness (QED) is 0.860. The van der Waals surface area contributed by atoms with Gasteiger partial charge < -0.3 is 19.7 Å². The van der Waals surface area contributed by atoms with Crippen LogP contribution in [0, 0.1) is 11.8 Å². The fraction of sp³-hybridized carbons (Fsp3) is 0.625. The molecule has 1 aromatic rings. The summed E-state index contributed by atoms with van der Waals surface area (Å²) in [4.78, 5) is 0. The Morgan fingerprint density at radius 3 is 2.60 bits per heavy atom. The molecule has 0 saturated carbocycles. The molecule has 0 aromatic heterocycles. The third kappa shape index (κ3) is 3.58. The molecule has 4 heteroatoms. The molecule has 4 nitrogen and oxygen atoms in total. The van der Waals surface area contributed by atoms with Crippen LogP contribution in [0.3, 0.4) is 0 Å². The van der Waals surface area contributed by atoms with E-state index in [0.717, 1.165) is 5.56 Å². The molecule has 1 saturated heterocycles. The lowest BCUT2D eigenvalue weighted by atomic mass is 9.82. The summed E-state index contributed by atoms with van der Waals surface area (Å²) in [6.45, 7) is 4.91. The van der Waals surface area contributed by atoms with Gasteiger partial charge in [0.1, 0.15) is 6.10 Å². The van der Waals surface area contributed by atoms with E-state index in [-0.39, 0.29) is 30.7 Å². The summed E-state index contributed by atoms with van der Waals surface area (Å²) in [5.74, 6) is 0.422. The lowest BCUT2D eigenvalue weighted by molar-refractivity contribution is -0.178. The highest BCUT2D eigenvalue weighted by Gasteiger charge is 2.38. The molecule has 112 valence electrons. The van der Waals surface area contributed by atoms with Gasteiger partial charge in [-0.25, -0.2) is 0 Å². The largest absolute Gasteiger partial charge is 0.394 e. The van der Waals surface area contributed by atoms with Crippen molar-refractivity contribution < 1.29 is 19.7 Å². The summed E-state index contributed by atoms with van der Waals surface area (Å²) in [5, 5.41) is 18.8. The van der Waals surface area contributed by atoms with Crippen molar-refractivity contribution in [3.63, 3.8) is 0 Å². The van der Waals surface area contributed by atoms with E-state index >= 15 is 0 Å². The van der Waals surface area contributed by atoms with E-state index in [1.807, 2.05) is 37.3 Å². The Labute approximate surface area is 120 Å². The fourth-order valence-electron chi connectivity index (χ4n) is 2.69. The molecular weight excluding hydrogens is 256 g/mol. The van der Waals surface area contributed by atoms with E-state index in [4.69, 9.17) is 14.6 Å². The molecule has 20 heavy (non-hydrogen) atoms. The fourth-order valence-corrected chi connectivity index (χ4v) is 2.69. The number of hydrogen-bond donors (Lipinski definition) is 2. The van der Waals surface area contributed by atoms with E-state index < -0.39 is 6.10 Å². The van der Waals surface area contributed by atoms with Crippen LogP contribution in [0.1, 0.15) is 19.4 Å². The van der Waals surface area contributed by atoms with Crippen molar-refractivity contribution in [1.82, 2.24) is 0 Å². The Balaban J connectivity index is 1.89. The van der Waals surface area contributed by atoms with Gasteiger partial charge in [0.2, 0.25) is 0 Å². The molecule has 0 aliphatic carbocycles. The highest BCUT2D eigenvalue weighted by molar-refractivity contribution is 5.13. The summed E-state index contributed by atoms with van der Waals surface area (Å²) in [6.07, 6.45) is -1.11. The first-order chi connectivity index (χ1) is 9.63. The molecule has 2 N–H and O–H groups in total. The van der Waals surface area contributed by atoms with E-state index in [9.17, 15) is 5.11 Å². The van der Waals surface area contributed by atoms with E-state index in [1.54, 1.807) is 0 Å². The van der Waals surface area contributed by atoms with Gasteiger partial charge in [-0.15, -0.1) is 0 Å². The van der Waals surface area contributed by atoms with Gasteiger partial charge in [-0.3, -0.25) is 0 Å². The van der Waals surface area contributed by atoms with Gasteiger partial charge >= 0.3 is 0 Å². The first-order valence-corrected chi connectivity index (χ1v) is 7.19. The lowest BCUT2D eigenvalue weighted by Gasteiger charge is -2.41. The number of aliphatic hydroxyl groups is 2. The van der Waals surface area contributed by atoms with Crippen LogP contribution in [0.15, 0.2) is 30.3 Å². The van der Waals surface area contributed by atoms with Crippen molar-refractivity contribution in [3.8, 4) is 0 Å². The molecule has 1 aliphatic heterocycles. The Bertz CT molecular complexity index is 395. The molecule has 1 aromatic carbocycles. The summed E-state index contributed by atoms with van der Waals surface area (Å²) in [7, 11) is 0. The number of benzene rings is 1.